The number of halogens is 1. The molecule has 0 saturated carbocycles. The molecule has 0 atom stereocenters. The Labute approximate surface area is 150 Å². The maximum Gasteiger partial charge on any atom is 0.338 e. The minimum Gasteiger partial charge on any atom is -0.494 e. The van der Waals surface area contributed by atoms with Crippen LogP contribution in [0, 0.1) is 5.82 Å². The summed E-state index contributed by atoms with van der Waals surface area (Å²) in [6.45, 7) is -0.133. The van der Waals surface area contributed by atoms with Crippen LogP contribution in [0.2, 0.25) is 0 Å². The average molecular weight is 383 g/mol. The average Bonchev–Trinajstić information content (AvgIpc) is 2.65. The number of hydroxylamine groups is 1. The first-order chi connectivity index (χ1) is 12.3. The van der Waals surface area contributed by atoms with Gasteiger partial charge in [0.1, 0.15) is 6.61 Å². The molecule has 0 amide bonds. The van der Waals surface area contributed by atoms with Gasteiger partial charge in [0.25, 0.3) is 10.0 Å². The fourth-order valence-electron chi connectivity index (χ4n) is 2.04. The highest BCUT2D eigenvalue weighted by Crippen LogP contribution is 2.19. The molecule has 2 aromatic carbocycles. The third-order valence-electron chi connectivity index (χ3n) is 3.57. The zero-order valence-corrected chi connectivity index (χ0v) is 15.2. The number of carbonyl (C=O) groups excluding carboxylic acids is 1. The molecule has 0 aromatic heterocycles. The number of benzene rings is 2. The van der Waals surface area contributed by atoms with Crippen LogP contribution in [-0.2, 0) is 26.2 Å². The van der Waals surface area contributed by atoms with E-state index < -0.39 is 21.8 Å². The number of esters is 1. The molecule has 0 N–H and O–H groups in total. The van der Waals surface area contributed by atoms with E-state index >= 15 is 0 Å². The van der Waals surface area contributed by atoms with Gasteiger partial charge in [-0.15, -0.1) is 0 Å². The minimum absolute atomic E-state index is 0.0318. The molecular weight excluding hydrogens is 365 g/mol. The van der Waals surface area contributed by atoms with Crippen LogP contribution in [0.4, 0.5) is 4.39 Å². The maximum atomic E-state index is 13.6. The van der Waals surface area contributed by atoms with E-state index in [0.29, 0.717) is 10.0 Å². The van der Waals surface area contributed by atoms with Gasteiger partial charge in [-0.3, -0.25) is 4.84 Å². The molecule has 9 heteroatoms. The molecule has 0 aliphatic heterocycles. The summed E-state index contributed by atoms with van der Waals surface area (Å²) >= 11 is 0. The lowest BCUT2D eigenvalue weighted by molar-refractivity contribution is -0.0258. The molecule has 0 radical (unpaired) electrons. The molecule has 0 unspecified atom stereocenters. The third kappa shape index (κ3) is 4.37. The summed E-state index contributed by atoms with van der Waals surface area (Å²) in [5, 5.41) is 0. The lowest BCUT2D eigenvalue weighted by atomic mass is 10.2. The second-order valence-corrected chi connectivity index (χ2v) is 7.10. The predicted molar refractivity (Wildman–Crippen MR) is 90.5 cm³/mol. The molecule has 7 nitrogen and oxygen atoms in total. The van der Waals surface area contributed by atoms with Gasteiger partial charge >= 0.3 is 5.97 Å². The lowest BCUT2D eigenvalue weighted by Crippen LogP contribution is -2.25. The van der Waals surface area contributed by atoms with E-state index in [2.05, 4.69) is 4.84 Å². The Balaban J connectivity index is 2.05. The van der Waals surface area contributed by atoms with Crippen LogP contribution in [0.3, 0.4) is 0 Å². The second-order valence-electron chi connectivity index (χ2n) is 5.17. The molecule has 0 heterocycles. The van der Waals surface area contributed by atoms with Crippen molar-refractivity contribution in [3.63, 3.8) is 0 Å². The zero-order valence-electron chi connectivity index (χ0n) is 14.4. The van der Waals surface area contributed by atoms with Crippen molar-refractivity contribution < 1.29 is 31.9 Å². The molecule has 0 bridgehead atoms. The van der Waals surface area contributed by atoms with E-state index in [-0.39, 0.29) is 22.8 Å². The number of nitrogens with zero attached hydrogens (tertiary/aromatic N) is 1. The second kappa shape index (κ2) is 8.26. The van der Waals surface area contributed by atoms with E-state index in [1.807, 2.05) is 0 Å². The third-order valence-corrected chi connectivity index (χ3v) is 5.26. The Kier molecular flexibility index (Phi) is 6.30. The van der Waals surface area contributed by atoms with Crippen LogP contribution in [0.5, 0.6) is 5.75 Å². The Hall–Kier alpha value is -2.49. The van der Waals surface area contributed by atoms with E-state index in [0.717, 1.165) is 0 Å². The summed E-state index contributed by atoms with van der Waals surface area (Å²) in [4.78, 5) is 16.7. The van der Waals surface area contributed by atoms with E-state index in [1.54, 1.807) is 6.07 Å². The molecule has 0 fully saturated rings. The van der Waals surface area contributed by atoms with Gasteiger partial charge < -0.3 is 9.47 Å². The highest BCUT2D eigenvalue weighted by Gasteiger charge is 2.21. The minimum atomic E-state index is -3.79. The molecule has 26 heavy (non-hydrogen) atoms. The Morgan fingerprint density at radius 3 is 2.31 bits per heavy atom. The molecule has 0 aliphatic rings. The van der Waals surface area contributed by atoms with Gasteiger partial charge in [0.05, 0.1) is 24.7 Å². The van der Waals surface area contributed by atoms with Crippen LogP contribution < -0.4 is 4.74 Å². The van der Waals surface area contributed by atoms with Crippen LogP contribution in [0.15, 0.2) is 47.4 Å². The highest BCUT2D eigenvalue weighted by atomic mass is 32.2. The fourth-order valence-corrected chi connectivity index (χ4v) is 3.01. The number of carbonyl (C=O) groups is 1. The topological polar surface area (TPSA) is 82.1 Å². The van der Waals surface area contributed by atoms with Gasteiger partial charge in [-0.2, -0.15) is 0 Å². The van der Waals surface area contributed by atoms with Crippen LogP contribution in [0.1, 0.15) is 15.9 Å². The lowest BCUT2D eigenvalue weighted by Gasteiger charge is -2.14. The zero-order chi connectivity index (χ0) is 19.3. The number of hydrogen-bond acceptors (Lipinski definition) is 6. The molecule has 140 valence electrons. The van der Waals surface area contributed by atoms with Gasteiger partial charge in [-0.25, -0.2) is 17.6 Å². The standard InChI is InChI=1S/C17H18FNO6S/c1-19(24-3)26(21,22)14-7-5-13(6-8-14)17(20)25-11-12-4-9-16(23-2)15(18)10-12/h4-10H,11H2,1-3H3. The van der Waals surface area contributed by atoms with Crippen molar-refractivity contribution in [1.82, 2.24) is 4.47 Å². The van der Waals surface area contributed by atoms with Crippen molar-refractivity contribution in [3.05, 3.63) is 59.4 Å². The first kappa shape index (κ1) is 19.8. The molecule has 0 saturated heterocycles. The van der Waals surface area contributed by atoms with Crippen LogP contribution in [0.25, 0.3) is 0 Å². The summed E-state index contributed by atoms with van der Waals surface area (Å²) < 4.78 is 48.4. The first-order valence-electron chi connectivity index (χ1n) is 7.42. The largest absolute Gasteiger partial charge is 0.494 e. The molecule has 2 aromatic rings. The van der Waals surface area contributed by atoms with Gasteiger partial charge in [0.2, 0.25) is 0 Å². The summed E-state index contributed by atoms with van der Waals surface area (Å²) in [6.07, 6.45) is 0. The van der Waals surface area contributed by atoms with Gasteiger partial charge in [0.15, 0.2) is 11.6 Å². The van der Waals surface area contributed by atoms with Crippen molar-refractivity contribution in [2.75, 3.05) is 21.3 Å². The van der Waals surface area contributed by atoms with Crippen molar-refractivity contribution in [3.8, 4) is 5.75 Å². The SMILES string of the molecule is COc1ccc(COC(=O)c2ccc(S(=O)(=O)N(C)OC)cc2)cc1F. The Morgan fingerprint density at radius 2 is 1.77 bits per heavy atom. The summed E-state index contributed by atoms with van der Waals surface area (Å²) in [5.74, 6) is -1.12. The number of rotatable bonds is 7. The number of hydrogen-bond donors (Lipinski definition) is 0. The van der Waals surface area contributed by atoms with Gasteiger partial charge in [0, 0.05) is 7.05 Å². The molecule has 2 rings (SSSR count). The van der Waals surface area contributed by atoms with Crippen LogP contribution in [-0.4, -0.2) is 40.1 Å². The van der Waals surface area contributed by atoms with Crippen molar-refractivity contribution in [2.45, 2.75) is 11.5 Å². The number of methoxy groups -OCH3 is 1. The van der Waals surface area contributed by atoms with E-state index in [9.17, 15) is 17.6 Å². The fraction of sp³-hybridized carbons (Fsp3) is 0.235. The maximum absolute atomic E-state index is 13.6. The highest BCUT2D eigenvalue weighted by molar-refractivity contribution is 7.89. The van der Waals surface area contributed by atoms with E-state index in [4.69, 9.17) is 9.47 Å². The first-order valence-corrected chi connectivity index (χ1v) is 8.86. The quantitative estimate of drug-likeness (QED) is 0.539. The molecule has 0 spiro atoms. The predicted octanol–water partition coefficient (Wildman–Crippen LogP) is 2.37. The molecule has 0 aliphatic carbocycles. The number of sulfonamides is 1. The van der Waals surface area contributed by atoms with Gasteiger partial charge in [-0.1, -0.05) is 10.5 Å². The van der Waals surface area contributed by atoms with Gasteiger partial charge in [-0.05, 0) is 42.0 Å². The Bertz CT molecular complexity index is 883. The monoisotopic (exact) mass is 383 g/mol. The van der Waals surface area contributed by atoms with Crippen molar-refractivity contribution in [1.29, 1.82) is 0 Å². The van der Waals surface area contributed by atoms with E-state index in [1.165, 1.54) is 57.7 Å². The van der Waals surface area contributed by atoms with Crippen molar-refractivity contribution in [2.24, 2.45) is 0 Å². The van der Waals surface area contributed by atoms with Crippen molar-refractivity contribution >= 4 is 16.0 Å². The molecular formula is C17H18FNO6S. The number of ether oxygens (including phenoxy) is 2. The summed E-state index contributed by atoms with van der Waals surface area (Å²) in [6, 6.07) is 9.42. The summed E-state index contributed by atoms with van der Waals surface area (Å²) in [7, 11) is 0.0437. The normalized spacial score (nSPS) is 11.4. The smallest absolute Gasteiger partial charge is 0.338 e. The Morgan fingerprint density at radius 1 is 1.12 bits per heavy atom. The summed E-state index contributed by atoms with van der Waals surface area (Å²) in [5.41, 5.74) is 0.621. The van der Waals surface area contributed by atoms with Crippen LogP contribution >= 0.6 is 0 Å².